The largest absolute Gasteiger partial charge is 0.334 e. The van der Waals surface area contributed by atoms with Gasteiger partial charge in [0.05, 0.1) is 18.9 Å². The zero-order chi connectivity index (χ0) is 11.9. The average Bonchev–Trinajstić information content (AvgIpc) is 2.35. The molecule has 1 rings (SSSR count). The van der Waals surface area contributed by atoms with Gasteiger partial charge in [-0.1, -0.05) is 31.4 Å². The van der Waals surface area contributed by atoms with Crippen LogP contribution in [-0.2, 0) is 13.6 Å². The van der Waals surface area contributed by atoms with Crippen LogP contribution in [0.2, 0.25) is 0 Å². The van der Waals surface area contributed by atoms with Gasteiger partial charge in [0, 0.05) is 0 Å². The molecule has 0 aromatic carbocycles. The Hall–Kier alpha value is -0.370. The smallest absolute Gasteiger partial charge is 0.304 e. The summed E-state index contributed by atoms with van der Waals surface area (Å²) in [4.78, 5) is 0. The molecule has 0 aromatic rings. The van der Waals surface area contributed by atoms with Crippen molar-refractivity contribution in [3.63, 3.8) is 0 Å². The number of rotatable bonds is 7. The summed E-state index contributed by atoms with van der Waals surface area (Å²) in [6.07, 6.45) is 8.53. The minimum absolute atomic E-state index is 0.0566. The third-order valence-electron chi connectivity index (χ3n) is 2.77. The van der Waals surface area contributed by atoms with E-state index in [0.29, 0.717) is 0 Å². The van der Waals surface area contributed by atoms with E-state index in [2.05, 4.69) is 13.2 Å². The lowest BCUT2D eigenvalue weighted by Crippen LogP contribution is -2.16. The topological polar surface area (TPSA) is 35.5 Å². The molecule has 0 amide bonds. The van der Waals surface area contributed by atoms with Crippen LogP contribution in [0.3, 0.4) is 0 Å². The summed E-state index contributed by atoms with van der Waals surface area (Å²) < 4.78 is 23.3. The van der Waals surface area contributed by atoms with Gasteiger partial charge in [-0.3, -0.25) is 4.57 Å². The SMILES string of the molecule is C=CCOP(=O)(OCC=C)C1CCCCC1. The molecule has 3 nitrogen and oxygen atoms in total. The molecule has 0 spiro atoms. The van der Waals surface area contributed by atoms with Crippen LogP contribution in [0.25, 0.3) is 0 Å². The van der Waals surface area contributed by atoms with Gasteiger partial charge in [-0.25, -0.2) is 0 Å². The molecule has 0 bridgehead atoms. The molecule has 92 valence electrons. The van der Waals surface area contributed by atoms with Gasteiger partial charge in [0.1, 0.15) is 0 Å². The second kappa shape index (κ2) is 7.05. The maximum Gasteiger partial charge on any atom is 0.334 e. The molecule has 0 heterocycles. The monoisotopic (exact) mass is 244 g/mol. The lowest BCUT2D eigenvalue weighted by atomic mass is 10.0. The Kier molecular flexibility index (Phi) is 6.04. The minimum atomic E-state index is -2.97. The summed E-state index contributed by atoms with van der Waals surface area (Å²) >= 11 is 0. The van der Waals surface area contributed by atoms with Crippen LogP contribution in [0.15, 0.2) is 25.3 Å². The van der Waals surface area contributed by atoms with E-state index in [1.54, 1.807) is 12.2 Å². The third-order valence-corrected chi connectivity index (χ3v) is 5.20. The Bertz CT molecular complexity index is 253. The van der Waals surface area contributed by atoms with E-state index in [9.17, 15) is 4.57 Å². The Morgan fingerprint density at radius 1 is 1.06 bits per heavy atom. The molecule has 1 aliphatic carbocycles. The van der Waals surface area contributed by atoms with Crippen LogP contribution in [0.1, 0.15) is 32.1 Å². The van der Waals surface area contributed by atoms with E-state index in [1.165, 1.54) is 6.42 Å². The molecule has 0 unspecified atom stereocenters. The molecule has 1 saturated carbocycles. The molecule has 0 aromatic heterocycles. The van der Waals surface area contributed by atoms with Crippen molar-refractivity contribution in [2.24, 2.45) is 0 Å². The first-order valence-corrected chi connectivity index (χ1v) is 7.44. The summed E-state index contributed by atoms with van der Waals surface area (Å²) in [7, 11) is -2.97. The fourth-order valence-electron chi connectivity index (χ4n) is 1.96. The summed E-state index contributed by atoms with van der Waals surface area (Å²) in [6, 6.07) is 0. The predicted octanol–water partition coefficient (Wildman–Crippen LogP) is 3.92. The van der Waals surface area contributed by atoms with Crippen molar-refractivity contribution in [1.29, 1.82) is 0 Å². The maximum atomic E-state index is 12.5. The molecular weight excluding hydrogens is 223 g/mol. The van der Waals surface area contributed by atoms with E-state index >= 15 is 0 Å². The van der Waals surface area contributed by atoms with Crippen molar-refractivity contribution in [2.45, 2.75) is 37.8 Å². The first-order valence-electron chi connectivity index (χ1n) is 5.83. The fraction of sp³-hybridized carbons (Fsp3) is 0.667. The van der Waals surface area contributed by atoms with E-state index < -0.39 is 7.60 Å². The van der Waals surface area contributed by atoms with Crippen LogP contribution in [0, 0.1) is 0 Å². The first-order chi connectivity index (χ1) is 7.73. The van der Waals surface area contributed by atoms with Crippen molar-refractivity contribution < 1.29 is 13.6 Å². The van der Waals surface area contributed by atoms with Crippen LogP contribution in [0.5, 0.6) is 0 Å². The molecule has 0 aliphatic heterocycles. The van der Waals surface area contributed by atoms with Gasteiger partial charge in [0.2, 0.25) is 0 Å². The summed E-state index contributed by atoms with van der Waals surface area (Å²) in [5.41, 5.74) is 0.0566. The van der Waals surface area contributed by atoms with Crippen molar-refractivity contribution in [2.75, 3.05) is 13.2 Å². The van der Waals surface area contributed by atoms with Gasteiger partial charge in [-0.05, 0) is 12.8 Å². The molecule has 1 aliphatic rings. The van der Waals surface area contributed by atoms with Crippen LogP contribution < -0.4 is 0 Å². The highest BCUT2D eigenvalue weighted by molar-refractivity contribution is 7.54. The van der Waals surface area contributed by atoms with Gasteiger partial charge < -0.3 is 9.05 Å². The summed E-state index contributed by atoms with van der Waals surface area (Å²) in [5.74, 6) is 0. The lowest BCUT2D eigenvalue weighted by molar-refractivity contribution is 0.220. The van der Waals surface area contributed by atoms with Crippen molar-refractivity contribution in [3.8, 4) is 0 Å². The fourth-order valence-corrected chi connectivity index (χ4v) is 4.08. The molecule has 16 heavy (non-hydrogen) atoms. The molecule has 4 heteroatoms. The van der Waals surface area contributed by atoms with E-state index in [1.807, 2.05) is 0 Å². The normalized spacial score (nSPS) is 18.2. The Morgan fingerprint density at radius 3 is 2.00 bits per heavy atom. The highest BCUT2D eigenvalue weighted by atomic mass is 31.2. The minimum Gasteiger partial charge on any atom is -0.304 e. The number of hydrogen-bond donors (Lipinski definition) is 0. The van der Waals surface area contributed by atoms with Gasteiger partial charge in [-0.15, -0.1) is 13.2 Å². The van der Waals surface area contributed by atoms with Gasteiger partial charge in [0.25, 0.3) is 0 Å². The molecular formula is C12H21O3P. The quantitative estimate of drug-likeness (QED) is 0.503. The lowest BCUT2D eigenvalue weighted by Gasteiger charge is -2.28. The highest BCUT2D eigenvalue weighted by Gasteiger charge is 2.36. The van der Waals surface area contributed by atoms with Crippen LogP contribution in [-0.4, -0.2) is 18.9 Å². The Labute approximate surface area is 98.1 Å². The molecule has 1 fully saturated rings. The third kappa shape index (κ3) is 3.89. The standard InChI is InChI=1S/C12H21O3P/c1-3-10-14-16(13,15-11-4-2)12-8-6-5-7-9-12/h3-4,12H,1-2,5-11H2. The van der Waals surface area contributed by atoms with Gasteiger partial charge in [0.15, 0.2) is 0 Å². The zero-order valence-corrected chi connectivity index (χ0v) is 10.7. The molecule has 0 radical (unpaired) electrons. The van der Waals surface area contributed by atoms with Crippen molar-refractivity contribution in [1.82, 2.24) is 0 Å². The van der Waals surface area contributed by atoms with Crippen molar-refractivity contribution >= 4 is 7.60 Å². The van der Waals surface area contributed by atoms with E-state index in [0.717, 1.165) is 25.7 Å². The molecule has 0 N–H and O–H groups in total. The predicted molar refractivity (Wildman–Crippen MR) is 66.8 cm³/mol. The maximum absolute atomic E-state index is 12.5. The van der Waals surface area contributed by atoms with Gasteiger partial charge in [-0.2, -0.15) is 0 Å². The highest BCUT2D eigenvalue weighted by Crippen LogP contribution is 2.57. The van der Waals surface area contributed by atoms with Crippen LogP contribution in [0.4, 0.5) is 0 Å². The number of hydrogen-bond acceptors (Lipinski definition) is 3. The average molecular weight is 244 g/mol. The second-order valence-electron chi connectivity index (χ2n) is 4.00. The zero-order valence-electron chi connectivity index (χ0n) is 9.77. The van der Waals surface area contributed by atoms with Gasteiger partial charge >= 0.3 is 7.60 Å². The van der Waals surface area contributed by atoms with Crippen LogP contribution >= 0.6 is 7.60 Å². The first kappa shape index (κ1) is 13.7. The Morgan fingerprint density at radius 2 is 1.56 bits per heavy atom. The van der Waals surface area contributed by atoms with E-state index in [-0.39, 0.29) is 18.9 Å². The molecule has 0 saturated heterocycles. The summed E-state index contributed by atoms with van der Waals surface area (Å²) in [5, 5.41) is 0. The summed E-state index contributed by atoms with van der Waals surface area (Å²) in [6.45, 7) is 7.70. The Balaban J connectivity index is 2.62. The molecule has 0 atom stereocenters. The van der Waals surface area contributed by atoms with E-state index in [4.69, 9.17) is 9.05 Å². The second-order valence-corrected chi connectivity index (χ2v) is 6.33. The van der Waals surface area contributed by atoms with Crippen molar-refractivity contribution in [3.05, 3.63) is 25.3 Å².